The lowest BCUT2D eigenvalue weighted by atomic mass is 10.1. The summed E-state index contributed by atoms with van der Waals surface area (Å²) in [7, 11) is 4.07. The van der Waals surface area contributed by atoms with Crippen LogP contribution in [-0.2, 0) is 6.42 Å². The maximum atomic E-state index is 14.1. The SMILES string of the molecule is CCCCOc1ccc(F)c2c1c(CCN(C)C)cn2Br. The van der Waals surface area contributed by atoms with Crippen LogP contribution < -0.4 is 4.74 Å². The van der Waals surface area contributed by atoms with Crippen molar-refractivity contribution < 1.29 is 9.13 Å². The van der Waals surface area contributed by atoms with Gasteiger partial charge in [0.1, 0.15) is 11.6 Å². The van der Waals surface area contributed by atoms with Gasteiger partial charge in [-0.3, -0.25) is 3.59 Å². The third-order valence-corrected chi connectivity index (χ3v) is 4.04. The van der Waals surface area contributed by atoms with Gasteiger partial charge in [0.15, 0.2) is 0 Å². The number of fused-ring (bicyclic) bond motifs is 1. The first kappa shape index (κ1) is 16.3. The average Bonchev–Trinajstić information content (AvgIpc) is 2.77. The van der Waals surface area contributed by atoms with Gasteiger partial charge in [0.2, 0.25) is 0 Å². The molecule has 0 aliphatic heterocycles. The summed E-state index contributed by atoms with van der Waals surface area (Å²) in [5, 5.41) is 0.879. The topological polar surface area (TPSA) is 17.4 Å². The summed E-state index contributed by atoms with van der Waals surface area (Å²) in [6.45, 7) is 3.70. The molecule has 0 saturated carbocycles. The van der Waals surface area contributed by atoms with E-state index < -0.39 is 0 Å². The summed E-state index contributed by atoms with van der Waals surface area (Å²) >= 11 is 3.40. The number of halogens is 2. The molecule has 2 aromatic rings. The molecule has 1 aromatic heterocycles. The van der Waals surface area contributed by atoms with E-state index in [0.717, 1.165) is 42.5 Å². The Morgan fingerprint density at radius 2 is 2.10 bits per heavy atom. The van der Waals surface area contributed by atoms with Gasteiger partial charge in [0.25, 0.3) is 0 Å². The lowest BCUT2D eigenvalue weighted by Crippen LogP contribution is -2.15. The Bertz CT molecular complexity index is 610. The van der Waals surface area contributed by atoms with E-state index in [1.807, 2.05) is 20.3 Å². The van der Waals surface area contributed by atoms with Crippen molar-refractivity contribution in [2.45, 2.75) is 26.2 Å². The van der Waals surface area contributed by atoms with Gasteiger partial charge in [0.05, 0.1) is 28.3 Å². The molecule has 0 amide bonds. The largest absolute Gasteiger partial charge is 0.493 e. The van der Waals surface area contributed by atoms with Crippen molar-refractivity contribution in [3.8, 4) is 5.75 Å². The van der Waals surface area contributed by atoms with Gasteiger partial charge in [-0.05, 0) is 44.6 Å². The van der Waals surface area contributed by atoms with Crippen LogP contribution in [0.5, 0.6) is 5.75 Å². The van der Waals surface area contributed by atoms with Crippen molar-refractivity contribution in [3.05, 3.63) is 29.7 Å². The molecule has 0 fully saturated rings. The molecule has 0 unspecified atom stereocenters. The fraction of sp³-hybridized carbons (Fsp3) is 0.500. The van der Waals surface area contributed by atoms with Gasteiger partial charge in [0, 0.05) is 18.1 Å². The van der Waals surface area contributed by atoms with Crippen LogP contribution in [0.3, 0.4) is 0 Å². The maximum Gasteiger partial charge on any atom is 0.148 e. The van der Waals surface area contributed by atoms with Crippen molar-refractivity contribution in [2.75, 3.05) is 27.2 Å². The number of ether oxygens (including phenoxy) is 1. The molecule has 0 atom stereocenters. The van der Waals surface area contributed by atoms with Crippen LogP contribution >= 0.6 is 16.1 Å². The van der Waals surface area contributed by atoms with Crippen LogP contribution in [-0.4, -0.2) is 35.7 Å². The zero-order valence-corrected chi connectivity index (χ0v) is 14.4. The van der Waals surface area contributed by atoms with Gasteiger partial charge in [-0.15, -0.1) is 0 Å². The fourth-order valence-electron chi connectivity index (χ4n) is 2.31. The number of unbranched alkanes of at least 4 members (excludes halogenated alkanes) is 1. The standard InChI is InChI=1S/C16H22BrFN2O/c1-4-5-10-21-14-7-6-13(18)16-15(14)12(11-20(16)17)8-9-19(2)3/h6-7,11H,4-5,8-10H2,1-3H3. The molecule has 0 N–H and O–H groups in total. The number of likely N-dealkylation sites (N-methyl/N-ethyl adjacent to an activating group) is 1. The Kier molecular flexibility index (Phi) is 5.65. The van der Waals surface area contributed by atoms with E-state index in [1.165, 1.54) is 6.07 Å². The average molecular weight is 357 g/mol. The maximum absolute atomic E-state index is 14.1. The highest BCUT2D eigenvalue weighted by Crippen LogP contribution is 2.34. The van der Waals surface area contributed by atoms with Gasteiger partial charge >= 0.3 is 0 Å². The molecule has 0 aliphatic rings. The Morgan fingerprint density at radius 1 is 1.33 bits per heavy atom. The number of rotatable bonds is 7. The number of nitrogens with zero attached hydrogens (tertiary/aromatic N) is 2. The van der Waals surface area contributed by atoms with Crippen molar-refractivity contribution in [2.24, 2.45) is 0 Å². The normalized spacial score (nSPS) is 11.5. The van der Waals surface area contributed by atoms with Crippen molar-refractivity contribution >= 4 is 27.1 Å². The molecule has 2 rings (SSSR count). The zero-order valence-electron chi connectivity index (χ0n) is 12.8. The fourth-order valence-corrected chi connectivity index (χ4v) is 2.91. The van der Waals surface area contributed by atoms with E-state index in [9.17, 15) is 4.39 Å². The Labute approximate surface area is 134 Å². The highest BCUT2D eigenvalue weighted by molar-refractivity contribution is 9.08. The molecule has 1 heterocycles. The zero-order chi connectivity index (χ0) is 15.4. The van der Waals surface area contributed by atoms with Gasteiger partial charge in [-0.1, -0.05) is 13.3 Å². The van der Waals surface area contributed by atoms with E-state index in [4.69, 9.17) is 4.74 Å². The second kappa shape index (κ2) is 7.27. The summed E-state index contributed by atoms with van der Waals surface area (Å²) in [4.78, 5) is 2.12. The van der Waals surface area contributed by atoms with Gasteiger partial charge in [-0.2, -0.15) is 0 Å². The van der Waals surface area contributed by atoms with E-state index in [2.05, 4.69) is 28.0 Å². The molecule has 0 radical (unpaired) electrons. The van der Waals surface area contributed by atoms with E-state index in [0.29, 0.717) is 12.1 Å². The third kappa shape index (κ3) is 3.77. The molecule has 116 valence electrons. The molecule has 0 aliphatic carbocycles. The van der Waals surface area contributed by atoms with Crippen LogP contribution in [0, 0.1) is 5.82 Å². The van der Waals surface area contributed by atoms with Crippen LogP contribution in [0.15, 0.2) is 18.3 Å². The first-order valence-corrected chi connectivity index (χ1v) is 8.01. The van der Waals surface area contributed by atoms with E-state index in [-0.39, 0.29) is 5.82 Å². The summed E-state index contributed by atoms with van der Waals surface area (Å²) in [6.07, 6.45) is 4.87. The molecule has 21 heavy (non-hydrogen) atoms. The van der Waals surface area contributed by atoms with Crippen molar-refractivity contribution in [3.63, 3.8) is 0 Å². The highest BCUT2D eigenvalue weighted by atomic mass is 79.9. The molecule has 0 saturated heterocycles. The van der Waals surface area contributed by atoms with E-state index in [1.54, 1.807) is 9.66 Å². The number of aromatic nitrogens is 1. The number of benzene rings is 1. The van der Waals surface area contributed by atoms with Crippen molar-refractivity contribution in [1.29, 1.82) is 0 Å². The van der Waals surface area contributed by atoms with Crippen molar-refractivity contribution in [1.82, 2.24) is 8.49 Å². The number of hydrogen-bond acceptors (Lipinski definition) is 2. The number of hydrogen-bond donors (Lipinski definition) is 0. The lowest BCUT2D eigenvalue weighted by Gasteiger charge is -2.11. The smallest absolute Gasteiger partial charge is 0.148 e. The first-order chi connectivity index (χ1) is 10.0. The van der Waals surface area contributed by atoms with Gasteiger partial charge in [-0.25, -0.2) is 4.39 Å². The summed E-state index contributed by atoms with van der Waals surface area (Å²) in [5.41, 5.74) is 1.65. The first-order valence-electron chi connectivity index (χ1n) is 7.30. The van der Waals surface area contributed by atoms with Crippen LogP contribution in [0.4, 0.5) is 4.39 Å². The van der Waals surface area contributed by atoms with Gasteiger partial charge < -0.3 is 9.64 Å². The Balaban J connectivity index is 2.40. The van der Waals surface area contributed by atoms with Crippen LogP contribution in [0.2, 0.25) is 0 Å². The second-order valence-corrected chi connectivity index (χ2v) is 6.25. The van der Waals surface area contributed by atoms with Crippen LogP contribution in [0.1, 0.15) is 25.3 Å². The molecule has 0 bridgehead atoms. The summed E-state index contributed by atoms with van der Waals surface area (Å²) < 4.78 is 21.6. The minimum Gasteiger partial charge on any atom is -0.493 e. The summed E-state index contributed by atoms with van der Waals surface area (Å²) in [6, 6.07) is 3.20. The molecule has 5 heteroatoms. The second-order valence-electron chi connectivity index (χ2n) is 5.49. The minimum absolute atomic E-state index is 0.235. The minimum atomic E-state index is -0.235. The van der Waals surface area contributed by atoms with Crippen LogP contribution in [0.25, 0.3) is 10.9 Å². The highest BCUT2D eigenvalue weighted by Gasteiger charge is 2.16. The Hall–Kier alpha value is -1.07. The molecule has 0 spiro atoms. The molecule has 1 aromatic carbocycles. The molecule has 3 nitrogen and oxygen atoms in total. The summed E-state index contributed by atoms with van der Waals surface area (Å²) in [5.74, 6) is 0.535. The third-order valence-electron chi connectivity index (χ3n) is 3.48. The predicted octanol–water partition coefficient (Wildman–Crippen LogP) is 4.22. The quantitative estimate of drug-likeness (QED) is 0.691. The Morgan fingerprint density at radius 3 is 2.76 bits per heavy atom. The molecular weight excluding hydrogens is 335 g/mol. The predicted molar refractivity (Wildman–Crippen MR) is 88.9 cm³/mol. The van der Waals surface area contributed by atoms with E-state index >= 15 is 0 Å². The lowest BCUT2D eigenvalue weighted by molar-refractivity contribution is 0.312. The molecular formula is C16H22BrFN2O. The monoisotopic (exact) mass is 356 g/mol.